The third-order valence-electron chi connectivity index (χ3n) is 2.00. The summed E-state index contributed by atoms with van der Waals surface area (Å²) in [5.74, 6) is -0.277. The summed E-state index contributed by atoms with van der Waals surface area (Å²) in [7, 11) is 0. The summed E-state index contributed by atoms with van der Waals surface area (Å²) in [6.45, 7) is 2.04. The van der Waals surface area contributed by atoms with E-state index in [4.69, 9.17) is 4.42 Å². The molecule has 0 N–H and O–H groups in total. The Hall–Kier alpha value is -1.31. The zero-order valence-electron chi connectivity index (χ0n) is 6.80. The fraction of sp³-hybridized carbons (Fsp3) is 0.200. The van der Waals surface area contributed by atoms with Gasteiger partial charge < -0.3 is 4.42 Å². The van der Waals surface area contributed by atoms with Crippen LogP contribution in [0.25, 0.3) is 11.0 Å². The van der Waals surface area contributed by atoms with Crippen molar-refractivity contribution < 1.29 is 8.81 Å². The van der Waals surface area contributed by atoms with Crippen LogP contribution in [0.2, 0.25) is 0 Å². The number of rotatable bonds is 1. The van der Waals surface area contributed by atoms with E-state index in [-0.39, 0.29) is 5.82 Å². The van der Waals surface area contributed by atoms with Gasteiger partial charge in [0.15, 0.2) is 5.82 Å². The molecule has 0 unspecified atom stereocenters. The van der Waals surface area contributed by atoms with Crippen molar-refractivity contribution >= 4 is 11.0 Å². The van der Waals surface area contributed by atoms with Crippen molar-refractivity contribution in [2.45, 2.75) is 13.3 Å². The van der Waals surface area contributed by atoms with Gasteiger partial charge in [0.1, 0.15) is 11.8 Å². The Morgan fingerprint density at radius 3 is 3.00 bits per heavy atom. The monoisotopic (exact) mass is 164 g/mol. The predicted octanol–water partition coefficient (Wildman–Crippen LogP) is 3.13. The largest absolute Gasteiger partial charge is 0.461 e. The maximum atomic E-state index is 13.0. The van der Waals surface area contributed by atoms with Crippen LogP contribution in [0.15, 0.2) is 28.9 Å². The lowest BCUT2D eigenvalue weighted by molar-refractivity contribution is 0.558. The molecule has 0 atom stereocenters. The van der Waals surface area contributed by atoms with E-state index in [1.807, 2.05) is 19.1 Å². The third-order valence-corrected chi connectivity index (χ3v) is 2.00. The highest BCUT2D eigenvalue weighted by atomic mass is 19.1. The minimum Gasteiger partial charge on any atom is -0.461 e. The van der Waals surface area contributed by atoms with E-state index in [1.165, 1.54) is 0 Å². The Balaban J connectivity index is 2.71. The summed E-state index contributed by atoms with van der Waals surface area (Å²) in [6, 6.07) is 5.58. The highest BCUT2D eigenvalue weighted by Crippen LogP contribution is 2.20. The van der Waals surface area contributed by atoms with Crippen molar-refractivity contribution in [1.82, 2.24) is 0 Å². The van der Waals surface area contributed by atoms with E-state index in [1.54, 1.807) is 6.07 Å². The Bertz CT molecular complexity index is 403. The van der Waals surface area contributed by atoms with E-state index in [0.717, 1.165) is 18.2 Å². The number of benzene rings is 1. The summed E-state index contributed by atoms with van der Waals surface area (Å²) in [5.41, 5.74) is 1.74. The number of furan rings is 1. The summed E-state index contributed by atoms with van der Waals surface area (Å²) in [4.78, 5) is 0. The van der Waals surface area contributed by atoms with Gasteiger partial charge in [-0.05, 0) is 24.1 Å². The van der Waals surface area contributed by atoms with E-state index in [9.17, 15) is 4.39 Å². The molecule has 2 heteroatoms. The van der Waals surface area contributed by atoms with E-state index in [0.29, 0.717) is 11.0 Å². The summed E-state index contributed by atoms with van der Waals surface area (Å²) in [6.07, 6.45) is 2.06. The molecule has 0 radical (unpaired) electrons. The van der Waals surface area contributed by atoms with Gasteiger partial charge in [0.25, 0.3) is 0 Å². The van der Waals surface area contributed by atoms with Crippen LogP contribution in [0.4, 0.5) is 4.39 Å². The first-order valence-corrected chi connectivity index (χ1v) is 3.97. The second-order valence-corrected chi connectivity index (χ2v) is 2.77. The lowest BCUT2D eigenvalue weighted by Gasteiger charge is -1.94. The van der Waals surface area contributed by atoms with Crippen molar-refractivity contribution in [3.63, 3.8) is 0 Å². The molecular weight excluding hydrogens is 155 g/mol. The number of fused-ring (bicyclic) bond motifs is 1. The van der Waals surface area contributed by atoms with Crippen molar-refractivity contribution in [1.29, 1.82) is 0 Å². The minimum atomic E-state index is -0.277. The summed E-state index contributed by atoms with van der Waals surface area (Å²) < 4.78 is 17.9. The van der Waals surface area contributed by atoms with Crippen LogP contribution in [-0.4, -0.2) is 0 Å². The molecule has 2 rings (SSSR count). The maximum absolute atomic E-state index is 13.0. The van der Waals surface area contributed by atoms with Gasteiger partial charge in [0.05, 0.1) is 5.39 Å². The van der Waals surface area contributed by atoms with Gasteiger partial charge in [-0.25, -0.2) is 4.39 Å². The highest BCUT2D eigenvalue weighted by molar-refractivity contribution is 5.78. The van der Waals surface area contributed by atoms with Gasteiger partial charge in [-0.15, -0.1) is 0 Å². The molecule has 1 aromatic heterocycles. The average Bonchev–Trinajstić information content (AvgIpc) is 2.47. The number of halogens is 1. The normalized spacial score (nSPS) is 10.8. The fourth-order valence-electron chi connectivity index (χ4n) is 1.27. The lowest BCUT2D eigenvalue weighted by atomic mass is 10.1. The molecule has 0 aliphatic carbocycles. The molecule has 0 saturated carbocycles. The van der Waals surface area contributed by atoms with Crippen LogP contribution in [0.1, 0.15) is 12.5 Å². The molecule has 0 aliphatic heterocycles. The first-order chi connectivity index (χ1) is 5.81. The highest BCUT2D eigenvalue weighted by Gasteiger charge is 2.04. The van der Waals surface area contributed by atoms with Crippen molar-refractivity contribution in [2.24, 2.45) is 0 Å². The molecule has 1 nitrogen and oxygen atoms in total. The fourth-order valence-corrected chi connectivity index (χ4v) is 1.27. The predicted molar refractivity (Wildman–Crippen MR) is 45.6 cm³/mol. The van der Waals surface area contributed by atoms with Gasteiger partial charge >= 0.3 is 0 Å². The van der Waals surface area contributed by atoms with Crippen molar-refractivity contribution in [3.8, 4) is 0 Å². The minimum absolute atomic E-state index is 0.277. The lowest BCUT2D eigenvalue weighted by Crippen LogP contribution is -1.78. The molecular formula is C10H9FO. The molecule has 1 aromatic carbocycles. The maximum Gasteiger partial charge on any atom is 0.169 e. The number of aryl methyl sites for hydroxylation is 1. The Kier molecular flexibility index (Phi) is 1.61. The Morgan fingerprint density at radius 2 is 2.25 bits per heavy atom. The standard InChI is InChI=1S/C10H9FO/c1-2-7-3-4-10-8(5-7)9(11)6-12-10/h3-6H,2H2,1H3. The third kappa shape index (κ3) is 0.998. The first-order valence-electron chi connectivity index (χ1n) is 3.97. The van der Waals surface area contributed by atoms with Gasteiger partial charge in [0, 0.05) is 0 Å². The summed E-state index contributed by atoms with van der Waals surface area (Å²) in [5, 5.41) is 0.578. The Labute approximate surface area is 69.8 Å². The molecule has 0 saturated heterocycles. The van der Waals surface area contributed by atoms with E-state index >= 15 is 0 Å². The zero-order valence-corrected chi connectivity index (χ0v) is 6.80. The molecule has 0 aliphatic rings. The quantitative estimate of drug-likeness (QED) is 0.631. The van der Waals surface area contributed by atoms with Crippen LogP contribution >= 0.6 is 0 Å². The molecule has 0 bridgehead atoms. The van der Waals surface area contributed by atoms with E-state index < -0.39 is 0 Å². The van der Waals surface area contributed by atoms with Crippen molar-refractivity contribution in [2.75, 3.05) is 0 Å². The van der Waals surface area contributed by atoms with E-state index in [2.05, 4.69) is 0 Å². The van der Waals surface area contributed by atoms with Gasteiger partial charge in [0.2, 0.25) is 0 Å². The molecule has 0 amide bonds. The van der Waals surface area contributed by atoms with Gasteiger partial charge in [-0.1, -0.05) is 13.0 Å². The summed E-state index contributed by atoms with van der Waals surface area (Å²) >= 11 is 0. The first kappa shape index (κ1) is 7.35. The van der Waals surface area contributed by atoms with Gasteiger partial charge in [-0.2, -0.15) is 0 Å². The van der Waals surface area contributed by atoms with Crippen LogP contribution in [0, 0.1) is 5.82 Å². The topological polar surface area (TPSA) is 13.1 Å². The molecule has 2 aromatic rings. The zero-order chi connectivity index (χ0) is 8.55. The molecule has 0 spiro atoms. The van der Waals surface area contributed by atoms with Crippen molar-refractivity contribution in [3.05, 3.63) is 35.8 Å². The molecule has 12 heavy (non-hydrogen) atoms. The Morgan fingerprint density at radius 1 is 1.42 bits per heavy atom. The number of hydrogen-bond acceptors (Lipinski definition) is 1. The SMILES string of the molecule is CCc1ccc2occ(F)c2c1. The van der Waals surface area contributed by atoms with Crippen LogP contribution in [0.3, 0.4) is 0 Å². The smallest absolute Gasteiger partial charge is 0.169 e. The van der Waals surface area contributed by atoms with Crippen LogP contribution in [-0.2, 0) is 6.42 Å². The van der Waals surface area contributed by atoms with Gasteiger partial charge in [-0.3, -0.25) is 0 Å². The second-order valence-electron chi connectivity index (χ2n) is 2.77. The molecule has 1 heterocycles. The number of hydrogen-bond donors (Lipinski definition) is 0. The van der Waals surface area contributed by atoms with Crippen LogP contribution < -0.4 is 0 Å². The molecule has 0 fully saturated rings. The van der Waals surface area contributed by atoms with Crippen LogP contribution in [0.5, 0.6) is 0 Å². The molecule has 62 valence electrons. The average molecular weight is 164 g/mol. The second kappa shape index (κ2) is 2.63.